The molecule has 7 nitrogen and oxygen atoms in total. The van der Waals surface area contributed by atoms with Gasteiger partial charge in [0, 0.05) is 60.7 Å². The average Bonchev–Trinajstić information content (AvgIpc) is 2.81. The minimum absolute atomic E-state index is 0.0423. The van der Waals surface area contributed by atoms with Gasteiger partial charge in [-0.05, 0) is 57.5 Å². The molecule has 0 bridgehead atoms. The molecule has 2 saturated heterocycles. The molecule has 0 unspecified atom stereocenters. The number of hydrogen-bond acceptors (Lipinski definition) is 7. The molecule has 0 aliphatic carbocycles. The summed E-state index contributed by atoms with van der Waals surface area (Å²) < 4.78 is 16.3. The zero-order valence-corrected chi connectivity index (χ0v) is 23.1. The molecule has 0 atom stereocenters. The predicted octanol–water partition coefficient (Wildman–Crippen LogP) is 4.60. The van der Waals surface area contributed by atoms with Crippen LogP contribution in [0.2, 0.25) is 5.02 Å². The van der Waals surface area contributed by atoms with Gasteiger partial charge in [-0.15, -0.1) is 0 Å². The fourth-order valence-electron chi connectivity index (χ4n) is 4.90. The first kappa shape index (κ1) is 26.4. The fraction of sp³-hybridized carbons (Fsp3) is 0.379. The van der Waals surface area contributed by atoms with Gasteiger partial charge < -0.3 is 24.7 Å². The van der Waals surface area contributed by atoms with E-state index in [1.165, 1.54) is 6.08 Å². The predicted molar refractivity (Wildman–Crippen MR) is 154 cm³/mol. The van der Waals surface area contributed by atoms with Crippen LogP contribution in [0, 0.1) is 5.82 Å². The summed E-state index contributed by atoms with van der Waals surface area (Å²) in [4.78, 5) is 18.3. The molecule has 0 saturated carbocycles. The van der Waals surface area contributed by atoms with E-state index in [0.29, 0.717) is 34.0 Å². The first-order chi connectivity index (χ1) is 18.2. The first-order valence-corrected chi connectivity index (χ1v) is 13.2. The van der Waals surface area contributed by atoms with E-state index < -0.39 is 5.82 Å². The summed E-state index contributed by atoms with van der Waals surface area (Å²) in [5.41, 5.74) is 2.27. The van der Waals surface area contributed by atoms with E-state index in [0.717, 1.165) is 43.1 Å². The number of aliphatic hydroxyl groups is 1. The summed E-state index contributed by atoms with van der Waals surface area (Å²) >= 11 is 6.74. The summed E-state index contributed by atoms with van der Waals surface area (Å²) in [6, 6.07) is 10.2. The van der Waals surface area contributed by atoms with Crippen molar-refractivity contribution in [1.29, 1.82) is 0 Å². The van der Waals surface area contributed by atoms with Crippen LogP contribution in [-0.4, -0.2) is 91.3 Å². The van der Waals surface area contributed by atoms with Crippen LogP contribution in [0.3, 0.4) is 0 Å². The van der Waals surface area contributed by atoms with E-state index >= 15 is 4.39 Å². The zero-order chi connectivity index (χ0) is 27.1. The molecule has 200 valence electrons. The van der Waals surface area contributed by atoms with Crippen molar-refractivity contribution in [3.05, 3.63) is 76.3 Å². The largest absolute Gasteiger partial charge is 0.508 e. The van der Waals surface area contributed by atoms with Crippen LogP contribution < -0.4 is 9.80 Å². The highest BCUT2D eigenvalue weighted by atomic mass is 35.5. The average molecular weight is 537 g/mol. The fourth-order valence-corrected chi connectivity index (χ4v) is 5.16. The summed E-state index contributed by atoms with van der Waals surface area (Å²) in [6.07, 6.45) is 3.24. The van der Waals surface area contributed by atoms with Gasteiger partial charge in [-0.25, -0.2) is 9.37 Å². The lowest BCUT2D eigenvalue weighted by Gasteiger charge is -2.45. The molecule has 0 amide bonds. The van der Waals surface area contributed by atoms with Crippen molar-refractivity contribution in [2.45, 2.75) is 18.5 Å². The van der Waals surface area contributed by atoms with Gasteiger partial charge in [-0.2, -0.15) is 4.98 Å². The molecule has 2 fully saturated rings. The van der Waals surface area contributed by atoms with Crippen molar-refractivity contribution in [1.82, 2.24) is 19.8 Å². The van der Waals surface area contributed by atoms with E-state index in [9.17, 15) is 5.11 Å². The number of nitrogens with zero attached hydrogens (tertiary/aromatic N) is 6. The van der Waals surface area contributed by atoms with Gasteiger partial charge in [0.2, 0.25) is 5.95 Å². The lowest BCUT2D eigenvalue weighted by molar-refractivity contribution is 0.243. The Morgan fingerprint density at radius 1 is 1.08 bits per heavy atom. The monoisotopic (exact) mass is 536 g/mol. The van der Waals surface area contributed by atoms with Crippen molar-refractivity contribution in [2.75, 3.05) is 64.2 Å². The Bertz CT molecular complexity index is 1400. The molecule has 5 rings (SSSR count). The van der Waals surface area contributed by atoms with Gasteiger partial charge >= 0.3 is 0 Å². The van der Waals surface area contributed by atoms with Crippen LogP contribution in [0.1, 0.15) is 16.7 Å². The number of aliphatic hydroxyl groups excluding tert-OH is 1. The maximum absolute atomic E-state index is 16.3. The number of likely N-dealkylation sites (N-methyl/N-ethyl adjacent to an activating group) is 2. The van der Waals surface area contributed by atoms with Gasteiger partial charge in [-0.3, -0.25) is 0 Å². The Morgan fingerprint density at radius 3 is 2.34 bits per heavy atom. The van der Waals surface area contributed by atoms with Crippen molar-refractivity contribution in [2.24, 2.45) is 0 Å². The second-order valence-corrected chi connectivity index (χ2v) is 11.0. The Morgan fingerprint density at radius 2 is 1.71 bits per heavy atom. The van der Waals surface area contributed by atoms with Crippen LogP contribution in [0.4, 0.5) is 16.2 Å². The number of rotatable bonds is 8. The molecule has 1 aromatic heterocycles. The highest BCUT2D eigenvalue weighted by molar-refractivity contribution is 6.32. The van der Waals surface area contributed by atoms with Crippen molar-refractivity contribution >= 4 is 40.3 Å². The number of benzene rings is 2. The number of aromatic nitrogens is 2. The zero-order valence-electron chi connectivity index (χ0n) is 22.3. The lowest BCUT2D eigenvalue weighted by atomic mass is 9.97. The topological polar surface area (TPSA) is 59.0 Å². The Hall–Kier alpha value is -3.20. The maximum atomic E-state index is 16.3. The molecule has 2 aliphatic rings. The number of anilines is 2. The molecule has 0 spiro atoms. The number of fused-ring (bicyclic) bond motifs is 1. The van der Waals surface area contributed by atoms with Crippen LogP contribution in [0.15, 0.2) is 48.7 Å². The molecule has 1 N–H and O–H groups in total. The van der Waals surface area contributed by atoms with Crippen LogP contribution in [-0.2, 0) is 6.42 Å². The summed E-state index contributed by atoms with van der Waals surface area (Å²) in [5.74, 6) is 0.882. The molecule has 3 heterocycles. The minimum atomic E-state index is -0.432. The molecular weight excluding hydrogens is 503 g/mol. The molecule has 2 aliphatic heterocycles. The van der Waals surface area contributed by atoms with E-state index in [-0.39, 0.29) is 17.7 Å². The van der Waals surface area contributed by atoms with Gasteiger partial charge in [-0.1, -0.05) is 42.4 Å². The van der Waals surface area contributed by atoms with Crippen LogP contribution in [0.25, 0.3) is 17.0 Å². The molecular formula is C29H34ClFN6O. The number of halogens is 2. The minimum Gasteiger partial charge on any atom is -0.508 e. The standard InChI is InChI=1S/C29H34ClFN6O/c1-6-22(38)11-18-9-7-8-10-19(18)12-23-25(30)13-24-27(26(23)31)32-29(37-16-21(17-37)35(4)5)33-28(24)36-14-20(15-36)34(2)3/h6-11,13,20-21,38H,1,12,14-17H2,2-5H3/b22-11+. The van der Waals surface area contributed by atoms with Gasteiger partial charge in [0.05, 0.1) is 0 Å². The third-order valence-corrected chi connectivity index (χ3v) is 7.99. The summed E-state index contributed by atoms with van der Waals surface area (Å²) in [7, 11) is 8.26. The second-order valence-electron chi connectivity index (χ2n) is 10.6. The van der Waals surface area contributed by atoms with E-state index in [1.54, 1.807) is 12.1 Å². The van der Waals surface area contributed by atoms with Crippen molar-refractivity contribution in [3.63, 3.8) is 0 Å². The quantitative estimate of drug-likeness (QED) is 0.333. The number of allylic oxidation sites excluding steroid dienone is 1. The highest BCUT2D eigenvalue weighted by Gasteiger charge is 2.35. The van der Waals surface area contributed by atoms with E-state index in [4.69, 9.17) is 21.6 Å². The third-order valence-electron chi connectivity index (χ3n) is 7.65. The second kappa shape index (κ2) is 10.5. The number of hydrogen-bond donors (Lipinski definition) is 1. The Balaban J connectivity index is 1.58. The smallest absolute Gasteiger partial charge is 0.228 e. The van der Waals surface area contributed by atoms with E-state index in [1.807, 2.05) is 24.3 Å². The van der Waals surface area contributed by atoms with Crippen molar-refractivity contribution in [3.8, 4) is 0 Å². The first-order valence-electron chi connectivity index (χ1n) is 12.8. The van der Waals surface area contributed by atoms with Crippen LogP contribution >= 0.6 is 11.6 Å². The summed E-state index contributed by atoms with van der Waals surface area (Å²) in [5, 5.41) is 10.9. The van der Waals surface area contributed by atoms with Gasteiger partial charge in [0.15, 0.2) is 5.82 Å². The molecule has 0 radical (unpaired) electrons. The lowest BCUT2D eigenvalue weighted by Crippen LogP contribution is -2.59. The third kappa shape index (κ3) is 4.96. The molecule has 3 aromatic rings. The SMILES string of the molecule is C=C/C(O)=C\c1ccccc1Cc1c(Cl)cc2c(N3CC(N(C)C)C3)nc(N3CC(N(C)C)C3)nc2c1F. The van der Waals surface area contributed by atoms with Crippen molar-refractivity contribution < 1.29 is 9.50 Å². The molecule has 2 aromatic carbocycles. The Kier molecular flexibility index (Phi) is 7.31. The summed E-state index contributed by atoms with van der Waals surface area (Å²) in [6.45, 7) is 6.82. The highest BCUT2D eigenvalue weighted by Crippen LogP contribution is 2.37. The molecule has 9 heteroatoms. The molecule has 38 heavy (non-hydrogen) atoms. The van der Waals surface area contributed by atoms with E-state index in [2.05, 4.69) is 54.4 Å². The van der Waals surface area contributed by atoms with Crippen LogP contribution in [0.5, 0.6) is 0 Å². The normalized spacial score (nSPS) is 16.9. The van der Waals surface area contributed by atoms with Gasteiger partial charge in [0.1, 0.15) is 17.1 Å². The maximum Gasteiger partial charge on any atom is 0.228 e. The Labute approximate surface area is 228 Å². The van der Waals surface area contributed by atoms with Gasteiger partial charge in [0.25, 0.3) is 0 Å².